The lowest BCUT2D eigenvalue weighted by Gasteiger charge is -2.34. The van der Waals surface area contributed by atoms with Crippen molar-refractivity contribution in [1.82, 2.24) is 13.8 Å². The Kier molecular flexibility index (Phi) is 6.46. The minimum atomic E-state index is -3.75. The molecule has 1 aromatic heterocycles. The van der Waals surface area contributed by atoms with Gasteiger partial charge in [0.2, 0.25) is 10.0 Å². The third-order valence-corrected chi connectivity index (χ3v) is 8.55. The quantitative estimate of drug-likeness (QED) is 0.525. The molecule has 0 bridgehead atoms. The van der Waals surface area contributed by atoms with Crippen LogP contribution in [0.4, 0.5) is 0 Å². The molecule has 9 nitrogen and oxygen atoms in total. The molecule has 1 amide bonds. The third kappa shape index (κ3) is 4.35. The number of thiazole rings is 1. The van der Waals surface area contributed by atoms with Crippen LogP contribution in [0.1, 0.15) is 17.3 Å². The monoisotopic (exact) mass is 491 g/mol. The number of aryl methyl sites for hydroxylation is 1. The van der Waals surface area contributed by atoms with Gasteiger partial charge in [0, 0.05) is 44.4 Å². The van der Waals surface area contributed by atoms with Gasteiger partial charge in [0.15, 0.2) is 0 Å². The van der Waals surface area contributed by atoms with E-state index in [4.69, 9.17) is 9.47 Å². The van der Waals surface area contributed by atoms with Crippen molar-refractivity contribution in [2.45, 2.75) is 18.4 Å². The molecule has 0 spiro atoms. The van der Waals surface area contributed by atoms with E-state index in [0.29, 0.717) is 28.3 Å². The maximum absolute atomic E-state index is 13.2. The summed E-state index contributed by atoms with van der Waals surface area (Å²) in [6.45, 7) is 3.29. The fourth-order valence-corrected chi connectivity index (χ4v) is 6.42. The average Bonchev–Trinajstić information content (AvgIpc) is 3.17. The zero-order valence-electron chi connectivity index (χ0n) is 18.6. The van der Waals surface area contributed by atoms with E-state index < -0.39 is 10.0 Å². The van der Waals surface area contributed by atoms with Crippen molar-refractivity contribution in [2.75, 3.05) is 40.4 Å². The van der Waals surface area contributed by atoms with E-state index in [1.807, 2.05) is 6.92 Å². The lowest BCUT2D eigenvalue weighted by Crippen LogP contribution is -2.50. The van der Waals surface area contributed by atoms with Gasteiger partial charge in [-0.25, -0.2) is 8.42 Å². The zero-order valence-corrected chi connectivity index (χ0v) is 20.2. The van der Waals surface area contributed by atoms with E-state index in [2.05, 4.69) is 0 Å². The molecular formula is C22H25N3O6S2. The minimum absolute atomic E-state index is 0.108. The molecule has 1 aliphatic rings. The van der Waals surface area contributed by atoms with Crippen LogP contribution in [-0.4, -0.2) is 68.5 Å². The second kappa shape index (κ2) is 9.16. The predicted molar refractivity (Wildman–Crippen MR) is 126 cm³/mol. The van der Waals surface area contributed by atoms with Crippen LogP contribution < -0.4 is 14.3 Å². The molecule has 1 fully saturated rings. The Bertz CT molecular complexity index is 1330. The van der Waals surface area contributed by atoms with Crippen molar-refractivity contribution in [1.29, 1.82) is 0 Å². The lowest BCUT2D eigenvalue weighted by atomic mass is 10.1. The summed E-state index contributed by atoms with van der Waals surface area (Å²) in [6.07, 6.45) is 0. The molecule has 11 heteroatoms. The van der Waals surface area contributed by atoms with E-state index in [1.165, 1.54) is 24.6 Å². The van der Waals surface area contributed by atoms with Crippen LogP contribution in [0.2, 0.25) is 0 Å². The molecule has 0 unspecified atom stereocenters. The molecule has 1 saturated heterocycles. The molecule has 1 aliphatic heterocycles. The van der Waals surface area contributed by atoms with E-state index in [9.17, 15) is 18.0 Å². The van der Waals surface area contributed by atoms with Gasteiger partial charge in [-0.3, -0.25) is 14.2 Å². The van der Waals surface area contributed by atoms with Gasteiger partial charge in [0.05, 0.1) is 29.3 Å². The summed E-state index contributed by atoms with van der Waals surface area (Å²) in [4.78, 5) is 26.7. The Labute approximate surface area is 195 Å². The van der Waals surface area contributed by atoms with Gasteiger partial charge in [0.25, 0.3) is 5.91 Å². The molecule has 0 N–H and O–H groups in total. The molecule has 2 aromatic carbocycles. The van der Waals surface area contributed by atoms with Gasteiger partial charge < -0.3 is 14.4 Å². The van der Waals surface area contributed by atoms with Crippen LogP contribution in [0.15, 0.2) is 46.1 Å². The molecule has 33 heavy (non-hydrogen) atoms. The van der Waals surface area contributed by atoms with Crippen molar-refractivity contribution >= 4 is 37.5 Å². The fourth-order valence-electron chi connectivity index (χ4n) is 3.90. The molecule has 3 aromatic rings. The highest BCUT2D eigenvalue weighted by molar-refractivity contribution is 7.89. The molecule has 176 valence electrons. The van der Waals surface area contributed by atoms with E-state index in [1.54, 1.807) is 39.8 Å². The normalized spacial score (nSPS) is 15.1. The van der Waals surface area contributed by atoms with E-state index in [-0.39, 0.29) is 41.9 Å². The Morgan fingerprint density at radius 1 is 1.00 bits per heavy atom. The van der Waals surface area contributed by atoms with Crippen molar-refractivity contribution in [3.8, 4) is 11.5 Å². The SMILES string of the molecule is CCn1c(=O)sc2cc(S(=O)(=O)N3CCN(C(=O)c4cc(OC)cc(OC)c4)CC3)ccc21. The van der Waals surface area contributed by atoms with Gasteiger partial charge in [0.1, 0.15) is 11.5 Å². The van der Waals surface area contributed by atoms with Crippen LogP contribution in [0.3, 0.4) is 0 Å². The molecule has 2 heterocycles. The summed E-state index contributed by atoms with van der Waals surface area (Å²) in [6, 6.07) is 9.73. The van der Waals surface area contributed by atoms with Crippen molar-refractivity contribution in [3.63, 3.8) is 0 Å². The topological polar surface area (TPSA) is 98.2 Å². The summed E-state index contributed by atoms with van der Waals surface area (Å²) in [5.41, 5.74) is 1.15. The number of ether oxygens (including phenoxy) is 2. The van der Waals surface area contributed by atoms with Crippen molar-refractivity contribution in [2.24, 2.45) is 0 Å². The molecule has 0 saturated carbocycles. The number of sulfonamides is 1. The van der Waals surface area contributed by atoms with Crippen molar-refractivity contribution in [3.05, 3.63) is 51.6 Å². The first-order valence-electron chi connectivity index (χ1n) is 10.4. The number of benzene rings is 2. The maximum atomic E-state index is 13.2. The van der Waals surface area contributed by atoms with Gasteiger partial charge in [-0.05, 0) is 37.3 Å². The second-order valence-electron chi connectivity index (χ2n) is 7.54. The van der Waals surface area contributed by atoms with Crippen LogP contribution in [0, 0.1) is 0 Å². The smallest absolute Gasteiger partial charge is 0.308 e. The number of nitrogens with zero attached hydrogens (tertiary/aromatic N) is 3. The highest BCUT2D eigenvalue weighted by Crippen LogP contribution is 2.26. The maximum Gasteiger partial charge on any atom is 0.308 e. The Morgan fingerprint density at radius 2 is 1.64 bits per heavy atom. The summed E-state index contributed by atoms with van der Waals surface area (Å²) >= 11 is 1.04. The lowest BCUT2D eigenvalue weighted by molar-refractivity contribution is 0.0697. The Hall–Kier alpha value is -2.89. The number of fused-ring (bicyclic) bond motifs is 1. The number of methoxy groups -OCH3 is 2. The van der Waals surface area contributed by atoms with Gasteiger partial charge >= 0.3 is 4.87 Å². The number of carbonyl (C=O) groups excluding carboxylic acids is 1. The summed E-state index contributed by atoms with van der Waals surface area (Å²) in [5.74, 6) is 0.804. The van der Waals surface area contributed by atoms with Crippen LogP contribution in [0.5, 0.6) is 11.5 Å². The fraction of sp³-hybridized carbons (Fsp3) is 0.364. The van der Waals surface area contributed by atoms with Crippen molar-refractivity contribution < 1.29 is 22.7 Å². The molecule has 4 rings (SSSR count). The van der Waals surface area contributed by atoms with Crippen LogP contribution in [-0.2, 0) is 16.6 Å². The van der Waals surface area contributed by atoms with Gasteiger partial charge in [-0.1, -0.05) is 11.3 Å². The number of rotatable bonds is 6. The number of piperazine rings is 1. The highest BCUT2D eigenvalue weighted by atomic mass is 32.2. The standard InChI is InChI=1S/C22H25N3O6S2/c1-4-25-19-6-5-18(14-20(19)32-22(25)27)33(28,29)24-9-7-23(8-10-24)21(26)15-11-16(30-2)13-17(12-15)31-3/h5-6,11-14H,4,7-10H2,1-3H3. The molecule has 0 atom stereocenters. The Morgan fingerprint density at radius 3 is 2.21 bits per heavy atom. The molecule has 0 aliphatic carbocycles. The van der Waals surface area contributed by atoms with Gasteiger partial charge in [-0.15, -0.1) is 0 Å². The second-order valence-corrected chi connectivity index (χ2v) is 10.5. The first kappa shape index (κ1) is 23.3. The number of aromatic nitrogens is 1. The first-order valence-corrected chi connectivity index (χ1v) is 12.7. The van der Waals surface area contributed by atoms with Crippen LogP contribution in [0.25, 0.3) is 10.2 Å². The summed E-state index contributed by atoms with van der Waals surface area (Å²) in [5, 5.41) is 0. The average molecular weight is 492 g/mol. The van der Waals surface area contributed by atoms with E-state index >= 15 is 0 Å². The molecular weight excluding hydrogens is 466 g/mol. The number of carbonyl (C=O) groups is 1. The first-order chi connectivity index (χ1) is 15.8. The number of amides is 1. The largest absolute Gasteiger partial charge is 0.497 e. The predicted octanol–water partition coefficient (Wildman–Crippen LogP) is 2.25. The number of hydrogen-bond donors (Lipinski definition) is 0. The van der Waals surface area contributed by atoms with Gasteiger partial charge in [-0.2, -0.15) is 4.31 Å². The highest BCUT2D eigenvalue weighted by Gasteiger charge is 2.31. The third-order valence-electron chi connectivity index (χ3n) is 5.72. The number of hydrogen-bond acceptors (Lipinski definition) is 7. The van der Waals surface area contributed by atoms with E-state index in [0.717, 1.165) is 16.9 Å². The van der Waals surface area contributed by atoms with Crippen LogP contribution >= 0.6 is 11.3 Å². The summed E-state index contributed by atoms with van der Waals surface area (Å²) < 4.78 is 40.5. The summed E-state index contributed by atoms with van der Waals surface area (Å²) in [7, 11) is -0.721. The zero-order chi connectivity index (χ0) is 23.8. The minimum Gasteiger partial charge on any atom is -0.497 e. The molecule has 0 radical (unpaired) electrons. The Balaban J connectivity index is 1.51.